The van der Waals surface area contributed by atoms with Crippen LogP contribution in [0, 0.1) is 5.92 Å². The van der Waals surface area contributed by atoms with Crippen molar-refractivity contribution >= 4 is 5.91 Å². The summed E-state index contributed by atoms with van der Waals surface area (Å²) in [4.78, 5) is 14.3. The van der Waals surface area contributed by atoms with Crippen molar-refractivity contribution in [2.45, 2.75) is 44.7 Å². The number of carbonyl (C=O) groups excluding carboxylic acids is 1. The number of hydrogen-bond acceptors (Lipinski definition) is 4. The summed E-state index contributed by atoms with van der Waals surface area (Å²) in [5.41, 5.74) is 6.09. The van der Waals surface area contributed by atoms with E-state index in [9.17, 15) is 4.79 Å². The van der Waals surface area contributed by atoms with Gasteiger partial charge in [0, 0.05) is 38.4 Å². The molecular weight excluding hydrogens is 242 g/mol. The fourth-order valence-electron chi connectivity index (χ4n) is 3.02. The molecule has 2 fully saturated rings. The summed E-state index contributed by atoms with van der Waals surface area (Å²) >= 11 is 0. The first kappa shape index (κ1) is 14.8. The van der Waals surface area contributed by atoms with Crippen LogP contribution in [0.2, 0.25) is 0 Å². The Hall–Kier alpha value is -0.650. The summed E-state index contributed by atoms with van der Waals surface area (Å²) in [5.74, 6) is 0.682. The molecule has 0 aliphatic carbocycles. The maximum Gasteiger partial charge on any atom is 0.234 e. The quantitative estimate of drug-likeness (QED) is 0.772. The average Bonchev–Trinajstić information content (AvgIpc) is 2.42. The number of likely N-dealkylation sites (tertiary alicyclic amines) is 1. The number of nitrogens with one attached hydrogen (secondary N) is 1. The third-order valence-electron chi connectivity index (χ3n) is 4.35. The molecular formula is C14H27N3O2. The molecule has 19 heavy (non-hydrogen) atoms. The highest BCUT2D eigenvalue weighted by Crippen LogP contribution is 2.18. The molecule has 0 radical (unpaired) electrons. The van der Waals surface area contributed by atoms with Crippen molar-refractivity contribution in [2.24, 2.45) is 11.7 Å². The zero-order valence-electron chi connectivity index (χ0n) is 11.9. The van der Waals surface area contributed by atoms with Crippen LogP contribution in [0.15, 0.2) is 0 Å². The lowest BCUT2D eigenvalue weighted by atomic mass is 9.91. The van der Waals surface area contributed by atoms with Crippen LogP contribution in [0.1, 0.15) is 32.6 Å². The summed E-state index contributed by atoms with van der Waals surface area (Å²) in [7, 11) is 0. The molecule has 2 aliphatic rings. The highest BCUT2D eigenvalue weighted by Gasteiger charge is 2.26. The molecule has 5 nitrogen and oxygen atoms in total. The standard InChI is InChI=1S/C14H27N3O2/c1-2-11-9-17(6-3-13(11)15)10-14(18)16-12-4-7-19-8-5-12/h11-13H,2-10,15H2,1H3,(H,16,18). The summed E-state index contributed by atoms with van der Waals surface area (Å²) in [5, 5.41) is 3.12. The van der Waals surface area contributed by atoms with Crippen LogP contribution in [0.3, 0.4) is 0 Å². The monoisotopic (exact) mass is 269 g/mol. The van der Waals surface area contributed by atoms with Crippen molar-refractivity contribution in [3.8, 4) is 0 Å². The Bertz CT molecular complexity index is 292. The van der Waals surface area contributed by atoms with Gasteiger partial charge in [-0.05, 0) is 25.2 Å². The summed E-state index contributed by atoms with van der Waals surface area (Å²) in [6.07, 6.45) is 3.98. The maximum atomic E-state index is 12.0. The first-order valence-electron chi connectivity index (χ1n) is 7.54. The Morgan fingerprint density at radius 1 is 1.37 bits per heavy atom. The lowest BCUT2D eigenvalue weighted by Crippen LogP contribution is -2.51. The van der Waals surface area contributed by atoms with Crippen LogP contribution in [0.25, 0.3) is 0 Å². The van der Waals surface area contributed by atoms with E-state index in [0.717, 1.165) is 52.0 Å². The van der Waals surface area contributed by atoms with Crippen molar-refractivity contribution in [1.29, 1.82) is 0 Å². The average molecular weight is 269 g/mol. The Labute approximate surface area is 115 Å². The molecule has 0 aromatic rings. The second-order valence-corrected chi connectivity index (χ2v) is 5.81. The normalized spacial score (nSPS) is 30.2. The van der Waals surface area contributed by atoms with Crippen molar-refractivity contribution in [2.75, 3.05) is 32.8 Å². The second kappa shape index (κ2) is 7.22. The molecule has 2 heterocycles. The molecule has 0 aromatic heterocycles. The molecule has 2 rings (SSSR count). The molecule has 0 saturated carbocycles. The molecule has 0 aromatic carbocycles. The van der Waals surface area contributed by atoms with Crippen molar-refractivity contribution in [3.63, 3.8) is 0 Å². The molecule has 2 aliphatic heterocycles. The van der Waals surface area contributed by atoms with Crippen molar-refractivity contribution in [3.05, 3.63) is 0 Å². The Balaban J connectivity index is 1.72. The third-order valence-corrected chi connectivity index (χ3v) is 4.35. The largest absolute Gasteiger partial charge is 0.381 e. The van der Waals surface area contributed by atoms with E-state index >= 15 is 0 Å². The molecule has 2 unspecified atom stereocenters. The number of nitrogens with two attached hydrogens (primary N) is 1. The Morgan fingerprint density at radius 3 is 2.79 bits per heavy atom. The smallest absolute Gasteiger partial charge is 0.234 e. The van der Waals surface area contributed by atoms with Gasteiger partial charge in [0.05, 0.1) is 6.54 Å². The zero-order valence-corrected chi connectivity index (χ0v) is 11.9. The Kier molecular flexibility index (Phi) is 5.60. The van der Waals surface area contributed by atoms with Crippen LogP contribution in [-0.4, -0.2) is 55.7 Å². The van der Waals surface area contributed by atoms with E-state index in [4.69, 9.17) is 10.5 Å². The van der Waals surface area contributed by atoms with Gasteiger partial charge in [0.1, 0.15) is 0 Å². The highest BCUT2D eigenvalue weighted by atomic mass is 16.5. The number of piperidine rings is 1. The fraction of sp³-hybridized carbons (Fsp3) is 0.929. The third kappa shape index (κ3) is 4.44. The predicted octanol–water partition coefficient (Wildman–Crippen LogP) is 0.341. The van der Waals surface area contributed by atoms with E-state index in [1.807, 2.05) is 0 Å². The van der Waals surface area contributed by atoms with Gasteiger partial charge in [0.15, 0.2) is 0 Å². The van der Waals surface area contributed by atoms with E-state index in [-0.39, 0.29) is 5.91 Å². The summed E-state index contributed by atoms with van der Waals surface area (Å²) in [6.45, 7) is 6.12. The second-order valence-electron chi connectivity index (χ2n) is 5.81. The van der Waals surface area contributed by atoms with Gasteiger partial charge in [0.25, 0.3) is 0 Å². The first-order valence-corrected chi connectivity index (χ1v) is 7.54. The molecule has 0 bridgehead atoms. The SMILES string of the molecule is CCC1CN(CC(=O)NC2CCOCC2)CCC1N. The van der Waals surface area contributed by atoms with Gasteiger partial charge in [-0.3, -0.25) is 9.69 Å². The number of ether oxygens (including phenoxy) is 1. The van der Waals surface area contributed by atoms with Gasteiger partial charge in [-0.25, -0.2) is 0 Å². The molecule has 3 N–H and O–H groups in total. The van der Waals surface area contributed by atoms with Crippen LogP contribution in [0.5, 0.6) is 0 Å². The van der Waals surface area contributed by atoms with Gasteiger partial charge in [-0.1, -0.05) is 13.3 Å². The van der Waals surface area contributed by atoms with Gasteiger partial charge in [-0.2, -0.15) is 0 Å². The molecule has 1 amide bonds. The molecule has 110 valence electrons. The van der Waals surface area contributed by atoms with E-state index in [2.05, 4.69) is 17.1 Å². The number of amides is 1. The van der Waals surface area contributed by atoms with Crippen LogP contribution in [-0.2, 0) is 9.53 Å². The summed E-state index contributed by atoms with van der Waals surface area (Å²) in [6, 6.07) is 0.607. The van der Waals surface area contributed by atoms with E-state index < -0.39 is 0 Å². The minimum Gasteiger partial charge on any atom is -0.381 e. The lowest BCUT2D eigenvalue weighted by Gasteiger charge is -2.36. The predicted molar refractivity (Wildman–Crippen MR) is 74.8 cm³/mol. The molecule has 2 atom stereocenters. The maximum absolute atomic E-state index is 12.0. The molecule has 0 spiro atoms. The van der Waals surface area contributed by atoms with E-state index in [0.29, 0.717) is 24.5 Å². The Morgan fingerprint density at radius 2 is 2.11 bits per heavy atom. The molecule has 2 saturated heterocycles. The lowest BCUT2D eigenvalue weighted by molar-refractivity contribution is -0.124. The minimum absolute atomic E-state index is 0.150. The number of rotatable bonds is 4. The van der Waals surface area contributed by atoms with E-state index in [1.54, 1.807) is 0 Å². The fourth-order valence-corrected chi connectivity index (χ4v) is 3.02. The number of hydrogen-bond donors (Lipinski definition) is 2. The van der Waals surface area contributed by atoms with Crippen LogP contribution < -0.4 is 11.1 Å². The number of nitrogens with zero attached hydrogens (tertiary/aromatic N) is 1. The summed E-state index contributed by atoms with van der Waals surface area (Å²) < 4.78 is 5.30. The van der Waals surface area contributed by atoms with Gasteiger partial charge < -0.3 is 15.8 Å². The first-order chi connectivity index (χ1) is 9.19. The topological polar surface area (TPSA) is 67.6 Å². The van der Waals surface area contributed by atoms with Crippen LogP contribution in [0.4, 0.5) is 0 Å². The zero-order chi connectivity index (χ0) is 13.7. The molecule has 5 heteroatoms. The van der Waals surface area contributed by atoms with Crippen LogP contribution >= 0.6 is 0 Å². The highest BCUT2D eigenvalue weighted by molar-refractivity contribution is 5.78. The van der Waals surface area contributed by atoms with Gasteiger partial charge in [-0.15, -0.1) is 0 Å². The van der Waals surface area contributed by atoms with Crippen molar-refractivity contribution in [1.82, 2.24) is 10.2 Å². The minimum atomic E-state index is 0.150. The van der Waals surface area contributed by atoms with Crippen molar-refractivity contribution < 1.29 is 9.53 Å². The van der Waals surface area contributed by atoms with Gasteiger partial charge in [0.2, 0.25) is 5.91 Å². The van der Waals surface area contributed by atoms with Gasteiger partial charge >= 0.3 is 0 Å². The van der Waals surface area contributed by atoms with E-state index in [1.165, 1.54) is 0 Å². The number of carbonyl (C=O) groups is 1.